The second kappa shape index (κ2) is 16.9. The number of benzene rings is 1. The summed E-state index contributed by atoms with van der Waals surface area (Å²) in [5.74, 6) is 0.545. The molecule has 0 fully saturated rings. The zero-order valence-electron chi connectivity index (χ0n) is 19.3. The molecule has 1 rings (SSSR count). The van der Waals surface area contributed by atoms with Crippen LogP contribution in [0.15, 0.2) is 12.1 Å². The van der Waals surface area contributed by atoms with E-state index in [4.69, 9.17) is 0 Å². The molecule has 0 saturated carbocycles. The molecular formula is C27H48O. The molecule has 0 unspecified atom stereocenters. The Balaban J connectivity index is 2.54. The topological polar surface area (TPSA) is 20.2 Å². The first-order chi connectivity index (χ1) is 13.7. The third-order valence-electron chi connectivity index (χ3n) is 6.08. The third kappa shape index (κ3) is 10.5. The minimum atomic E-state index is 0.545. The molecule has 1 nitrogen and oxygen atoms in total. The van der Waals surface area contributed by atoms with E-state index in [2.05, 4.69) is 26.8 Å². The minimum absolute atomic E-state index is 0.545. The number of aromatic hydroxyl groups is 1. The fourth-order valence-corrected chi connectivity index (χ4v) is 4.34. The van der Waals surface area contributed by atoms with E-state index in [0.29, 0.717) is 5.75 Å². The summed E-state index contributed by atoms with van der Waals surface area (Å²) >= 11 is 0. The van der Waals surface area contributed by atoms with E-state index in [1.54, 1.807) is 0 Å². The lowest BCUT2D eigenvalue weighted by molar-refractivity contribution is 0.463. The third-order valence-corrected chi connectivity index (χ3v) is 6.08. The Bertz CT molecular complexity index is 491. The lowest BCUT2D eigenvalue weighted by Crippen LogP contribution is -2.02. The molecule has 1 aromatic carbocycles. The summed E-state index contributed by atoms with van der Waals surface area (Å²) in [5, 5.41) is 10.6. The molecular weight excluding hydrogens is 340 g/mol. The molecule has 0 radical (unpaired) electrons. The van der Waals surface area contributed by atoms with Crippen LogP contribution in [-0.2, 0) is 19.3 Å². The van der Waals surface area contributed by atoms with Crippen molar-refractivity contribution in [2.45, 2.75) is 136 Å². The van der Waals surface area contributed by atoms with Crippen molar-refractivity contribution < 1.29 is 5.11 Å². The average Bonchev–Trinajstić information content (AvgIpc) is 2.70. The van der Waals surface area contributed by atoms with Crippen LogP contribution >= 0.6 is 0 Å². The van der Waals surface area contributed by atoms with E-state index in [-0.39, 0.29) is 0 Å². The number of aryl methyl sites for hydroxylation is 1. The van der Waals surface area contributed by atoms with Crippen LogP contribution < -0.4 is 0 Å². The summed E-state index contributed by atoms with van der Waals surface area (Å²) in [6, 6.07) is 4.14. The highest BCUT2D eigenvalue weighted by molar-refractivity contribution is 5.45. The average molecular weight is 389 g/mol. The van der Waals surface area contributed by atoms with E-state index >= 15 is 0 Å². The molecule has 1 heteroatoms. The van der Waals surface area contributed by atoms with E-state index in [9.17, 15) is 5.11 Å². The second-order valence-corrected chi connectivity index (χ2v) is 8.69. The Morgan fingerprint density at radius 3 is 1.46 bits per heavy atom. The SMILES string of the molecule is CCCCCCCCCc1c(O)ccc(CCC)c1CCCCCCCCC. The van der Waals surface area contributed by atoms with Gasteiger partial charge in [0.05, 0.1) is 0 Å². The second-order valence-electron chi connectivity index (χ2n) is 8.69. The van der Waals surface area contributed by atoms with Gasteiger partial charge in [0.25, 0.3) is 0 Å². The summed E-state index contributed by atoms with van der Waals surface area (Å²) < 4.78 is 0. The molecule has 0 heterocycles. The lowest BCUT2D eigenvalue weighted by atomic mass is 9.90. The first kappa shape index (κ1) is 25.1. The van der Waals surface area contributed by atoms with Crippen molar-refractivity contribution in [1.29, 1.82) is 0 Å². The molecule has 162 valence electrons. The van der Waals surface area contributed by atoms with Crippen LogP contribution in [0.1, 0.15) is 134 Å². The van der Waals surface area contributed by atoms with Crippen LogP contribution in [0.5, 0.6) is 5.75 Å². The van der Waals surface area contributed by atoms with Gasteiger partial charge in [0, 0.05) is 0 Å². The maximum absolute atomic E-state index is 10.6. The van der Waals surface area contributed by atoms with Gasteiger partial charge in [-0.3, -0.25) is 0 Å². The molecule has 0 aliphatic heterocycles. The minimum Gasteiger partial charge on any atom is -0.508 e. The quantitative estimate of drug-likeness (QED) is 0.249. The standard InChI is InChI=1S/C27H48O/c1-4-7-9-11-13-15-17-20-25-24(19-6-3)22-23-27(28)26(25)21-18-16-14-12-10-8-5-2/h22-23,28H,4-21H2,1-3H3. The Hall–Kier alpha value is -0.980. The van der Waals surface area contributed by atoms with Crippen molar-refractivity contribution in [1.82, 2.24) is 0 Å². The molecule has 1 N–H and O–H groups in total. The van der Waals surface area contributed by atoms with Gasteiger partial charge in [-0.15, -0.1) is 0 Å². The van der Waals surface area contributed by atoms with Crippen molar-refractivity contribution in [2.75, 3.05) is 0 Å². The van der Waals surface area contributed by atoms with E-state index in [0.717, 1.165) is 19.3 Å². The summed E-state index contributed by atoms with van der Waals surface area (Å²) in [6.45, 7) is 6.82. The molecule has 28 heavy (non-hydrogen) atoms. The number of phenols is 1. The molecule has 0 bridgehead atoms. The summed E-state index contributed by atoms with van der Waals surface area (Å²) in [6.07, 6.45) is 23.4. The maximum Gasteiger partial charge on any atom is 0.119 e. The molecule has 0 aromatic heterocycles. The van der Waals surface area contributed by atoms with E-state index in [1.165, 1.54) is 113 Å². The van der Waals surface area contributed by atoms with Gasteiger partial charge in [-0.05, 0) is 54.9 Å². The molecule has 0 saturated heterocycles. The summed E-state index contributed by atoms with van der Waals surface area (Å²) in [4.78, 5) is 0. The van der Waals surface area contributed by atoms with Crippen molar-refractivity contribution >= 4 is 0 Å². The highest BCUT2D eigenvalue weighted by Gasteiger charge is 2.12. The number of phenolic OH excluding ortho intramolecular Hbond substituents is 1. The Morgan fingerprint density at radius 2 is 0.964 bits per heavy atom. The Labute approximate surface area is 176 Å². The lowest BCUT2D eigenvalue weighted by Gasteiger charge is -2.17. The van der Waals surface area contributed by atoms with Crippen LogP contribution in [-0.4, -0.2) is 5.11 Å². The molecule has 0 atom stereocenters. The van der Waals surface area contributed by atoms with Crippen LogP contribution in [0.25, 0.3) is 0 Å². The molecule has 1 aromatic rings. The fraction of sp³-hybridized carbons (Fsp3) is 0.778. The first-order valence-corrected chi connectivity index (χ1v) is 12.6. The van der Waals surface area contributed by atoms with E-state index in [1.807, 2.05) is 6.07 Å². The van der Waals surface area contributed by atoms with Gasteiger partial charge in [-0.1, -0.05) is 110 Å². The smallest absolute Gasteiger partial charge is 0.119 e. The van der Waals surface area contributed by atoms with Crippen molar-refractivity contribution in [2.24, 2.45) is 0 Å². The summed E-state index contributed by atoms with van der Waals surface area (Å²) in [5.41, 5.74) is 4.25. The van der Waals surface area contributed by atoms with Gasteiger partial charge in [-0.2, -0.15) is 0 Å². The largest absolute Gasteiger partial charge is 0.508 e. The Morgan fingerprint density at radius 1 is 0.500 bits per heavy atom. The highest BCUT2D eigenvalue weighted by atomic mass is 16.3. The Kier molecular flexibility index (Phi) is 15.1. The number of rotatable bonds is 18. The van der Waals surface area contributed by atoms with Gasteiger partial charge in [0.1, 0.15) is 5.75 Å². The molecule has 0 aliphatic rings. The van der Waals surface area contributed by atoms with Gasteiger partial charge in [0.15, 0.2) is 0 Å². The van der Waals surface area contributed by atoms with Crippen LogP contribution in [0, 0.1) is 0 Å². The van der Waals surface area contributed by atoms with Gasteiger partial charge >= 0.3 is 0 Å². The van der Waals surface area contributed by atoms with Crippen LogP contribution in [0.2, 0.25) is 0 Å². The normalized spacial score (nSPS) is 11.2. The predicted octanol–water partition coefficient (Wildman–Crippen LogP) is 8.93. The van der Waals surface area contributed by atoms with Crippen LogP contribution in [0.3, 0.4) is 0 Å². The van der Waals surface area contributed by atoms with Gasteiger partial charge < -0.3 is 5.11 Å². The molecule has 0 aliphatic carbocycles. The first-order valence-electron chi connectivity index (χ1n) is 12.6. The van der Waals surface area contributed by atoms with Crippen molar-refractivity contribution in [3.05, 3.63) is 28.8 Å². The predicted molar refractivity (Wildman–Crippen MR) is 125 cm³/mol. The number of hydrogen-bond acceptors (Lipinski definition) is 1. The van der Waals surface area contributed by atoms with Gasteiger partial charge in [0.2, 0.25) is 0 Å². The monoisotopic (exact) mass is 388 g/mol. The zero-order valence-corrected chi connectivity index (χ0v) is 19.3. The number of unbranched alkanes of at least 4 members (excludes halogenated alkanes) is 12. The van der Waals surface area contributed by atoms with Crippen molar-refractivity contribution in [3.63, 3.8) is 0 Å². The molecule has 0 amide bonds. The number of hydrogen-bond donors (Lipinski definition) is 1. The highest BCUT2D eigenvalue weighted by Crippen LogP contribution is 2.29. The fourth-order valence-electron chi connectivity index (χ4n) is 4.34. The van der Waals surface area contributed by atoms with E-state index < -0.39 is 0 Å². The maximum atomic E-state index is 10.6. The summed E-state index contributed by atoms with van der Waals surface area (Å²) in [7, 11) is 0. The van der Waals surface area contributed by atoms with Crippen LogP contribution in [0.4, 0.5) is 0 Å². The zero-order chi connectivity index (χ0) is 20.5. The van der Waals surface area contributed by atoms with Gasteiger partial charge in [-0.25, -0.2) is 0 Å². The molecule has 0 spiro atoms. The van der Waals surface area contributed by atoms with Crippen molar-refractivity contribution in [3.8, 4) is 5.75 Å².